The molecule has 0 N–H and O–H groups in total. The molecule has 1 heterocycles. The van der Waals surface area contributed by atoms with Gasteiger partial charge in [0.2, 0.25) is 5.75 Å². The van der Waals surface area contributed by atoms with Gasteiger partial charge in [0.1, 0.15) is 19.8 Å². The van der Waals surface area contributed by atoms with Crippen molar-refractivity contribution < 1.29 is 42.6 Å². The SMILES string of the molecule is COCCOCCOc1ccc(C2C3C(CN2C)C2=c4c5c6c7c8c4=C(C2)C2C=C4C9=CC%10C%11C%12=C(C6=C(CC5)C5C%12[C@H]%10C53)C7=C(C4C82)[C@H]9%11)c(OCCOCCOC)c1OCCOCCOC. The van der Waals surface area contributed by atoms with Crippen LogP contribution in [-0.2, 0) is 34.8 Å². The highest BCUT2D eigenvalue weighted by molar-refractivity contribution is 6.16. The third-order valence-corrected chi connectivity index (χ3v) is 19.9. The second kappa shape index (κ2) is 14.3. The van der Waals surface area contributed by atoms with Gasteiger partial charge in [0.25, 0.3) is 0 Å². The normalized spacial score (nSPS) is 35.7. The third kappa shape index (κ3) is 4.70. The van der Waals surface area contributed by atoms with Gasteiger partial charge < -0.3 is 42.6 Å². The second-order valence-electron chi connectivity index (χ2n) is 22.0. The van der Waals surface area contributed by atoms with Gasteiger partial charge >= 0.3 is 0 Å². The van der Waals surface area contributed by atoms with Crippen LogP contribution in [0.1, 0.15) is 52.6 Å². The van der Waals surface area contributed by atoms with Crippen LogP contribution in [0.25, 0.3) is 22.3 Å². The van der Waals surface area contributed by atoms with E-state index in [1.165, 1.54) is 18.4 Å². The van der Waals surface area contributed by atoms with Crippen LogP contribution in [0.3, 0.4) is 0 Å². The van der Waals surface area contributed by atoms with Crippen molar-refractivity contribution in [3.63, 3.8) is 0 Å². The standard InChI is InChI=1S/C57H61NO9/c1-58-24-34-32-22-28-29-21-30-31-23-33-44-43(31)50-42(30)41(29)49-40(28)36(32)25-5-6-26-38-37(25)51(49)54(50)52(38)53(44)48-39(26)47(45(33)48)46(34)55(58)27-7-8-35(65-18-15-62-12-9-59-2)57(67-20-17-64-14-11-61-4)56(27)66-19-16-63-13-10-60-3/h7-8,21,23,29,33-34,39,41-48,55H,5-6,9-20,22,24H2,1-4H3/t29?,33?,34?,39?,41?,42?,43-,44?,45-,46?,47?,48?,55?/m1/s1. The number of likely N-dealkylation sites (tertiary alicyclic amines) is 1. The molecule has 11 unspecified atom stereocenters. The first-order chi connectivity index (χ1) is 33.2. The molecule has 4 fully saturated rings. The maximum absolute atomic E-state index is 7.08. The van der Waals surface area contributed by atoms with Crippen LogP contribution in [0.2, 0.25) is 0 Å². The van der Waals surface area contributed by atoms with E-state index in [9.17, 15) is 0 Å². The number of benzene rings is 2. The van der Waals surface area contributed by atoms with E-state index in [2.05, 4.69) is 36.2 Å². The fourth-order valence-corrected chi connectivity index (χ4v) is 18.5. The molecule has 0 amide bonds. The Morgan fingerprint density at radius 3 is 2.03 bits per heavy atom. The molecule has 0 radical (unpaired) electrons. The van der Waals surface area contributed by atoms with Crippen molar-refractivity contribution in [1.29, 1.82) is 0 Å². The first kappa shape index (κ1) is 39.8. The number of rotatable bonds is 22. The van der Waals surface area contributed by atoms with Crippen molar-refractivity contribution in [2.45, 2.75) is 31.2 Å². The monoisotopic (exact) mass is 903 g/mol. The Labute approximate surface area is 392 Å². The highest BCUT2D eigenvalue weighted by atomic mass is 16.6. The van der Waals surface area contributed by atoms with Crippen LogP contribution in [0.15, 0.2) is 57.7 Å². The van der Waals surface area contributed by atoms with Crippen molar-refractivity contribution in [3.8, 4) is 17.2 Å². The molecule has 1 saturated heterocycles. The zero-order chi connectivity index (χ0) is 44.1. The predicted octanol–water partition coefficient (Wildman–Crippen LogP) is 5.82. The van der Waals surface area contributed by atoms with Crippen molar-refractivity contribution in [2.24, 2.45) is 65.1 Å². The zero-order valence-corrected chi connectivity index (χ0v) is 39.3. The smallest absolute Gasteiger partial charge is 0.204 e. The van der Waals surface area contributed by atoms with Gasteiger partial charge in [-0.15, -0.1) is 0 Å². The average molecular weight is 904 g/mol. The van der Waals surface area contributed by atoms with Gasteiger partial charge in [-0.05, 0) is 152 Å². The Morgan fingerprint density at radius 2 is 1.27 bits per heavy atom. The lowest BCUT2D eigenvalue weighted by molar-refractivity contribution is -0.0389. The van der Waals surface area contributed by atoms with Gasteiger partial charge in [-0.2, -0.15) is 0 Å². The Bertz CT molecular complexity index is 2920. The lowest BCUT2D eigenvalue weighted by Gasteiger charge is -2.59. The van der Waals surface area contributed by atoms with E-state index >= 15 is 0 Å². The predicted molar refractivity (Wildman–Crippen MR) is 250 cm³/mol. The number of allylic oxidation sites excluding steroid dienone is 10. The van der Waals surface area contributed by atoms with Gasteiger partial charge in [-0.25, -0.2) is 0 Å². The van der Waals surface area contributed by atoms with E-state index in [0.29, 0.717) is 162 Å². The van der Waals surface area contributed by atoms with Crippen molar-refractivity contribution >= 4 is 22.3 Å². The molecule has 2 aromatic carbocycles. The molecule has 0 aromatic heterocycles. The summed E-state index contributed by atoms with van der Waals surface area (Å²) in [5.74, 6) is 9.22. The lowest BCUT2D eigenvalue weighted by atomic mass is 9.44. The topological polar surface area (TPSA) is 86.3 Å². The van der Waals surface area contributed by atoms with E-state index in [1.54, 1.807) is 93.0 Å². The fourth-order valence-electron chi connectivity index (χ4n) is 18.5. The maximum atomic E-state index is 7.08. The number of hydrogen-bond donors (Lipinski definition) is 0. The highest BCUT2D eigenvalue weighted by Gasteiger charge is 2.76. The highest BCUT2D eigenvalue weighted by Crippen LogP contribution is 2.84. The summed E-state index contributed by atoms with van der Waals surface area (Å²) >= 11 is 0. The largest absolute Gasteiger partial charge is 0.487 e. The van der Waals surface area contributed by atoms with E-state index in [-0.39, 0.29) is 6.04 Å². The van der Waals surface area contributed by atoms with Crippen LogP contribution in [0.5, 0.6) is 17.2 Å². The number of nitrogens with zero attached hydrogens (tertiary/aromatic N) is 1. The Hall–Kier alpha value is -4.00. The molecule has 3 saturated carbocycles. The summed E-state index contributed by atoms with van der Waals surface area (Å²) in [5.41, 5.74) is 26.4. The number of methoxy groups -OCH3 is 3. The average Bonchev–Trinajstić information content (AvgIpc) is 4.20. The van der Waals surface area contributed by atoms with E-state index in [1.807, 2.05) is 16.7 Å². The Balaban J connectivity index is 0.874. The van der Waals surface area contributed by atoms with Crippen molar-refractivity contribution in [3.05, 3.63) is 96.0 Å². The number of ether oxygens (including phenoxy) is 9. The summed E-state index contributed by atoms with van der Waals surface area (Å²) in [6.07, 6.45) is 9.41. The third-order valence-electron chi connectivity index (χ3n) is 19.9. The molecule has 348 valence electrons. The van der Waals surface area contributed by atoms with E-state index in [0.717, 1.165) is 18.7 Å². The lowest BCUT2D eigenvalue weighted by Crippen LogP contribution is -2.55. The molecule has 16 rings (SSSR count). The van der Waals surface area contributed by atoms with Crippen LogP contribution in [0.4, 0.5) is 0 Å². The summed E-state index contributed by atoms with van der Waals surface area (Å²) < 4.78 is 54.1. The van der Waals surface area contributed by atoms with Crippen LogP contribution >= 0.6 is 0 Å². The van der Waals surface area contributed by atoms with Crippen molar-refractivity contribution in [2.75, 3.05) is 114 Å². The Morgan fingerprint density at radius 1 is 0.567 bits per heavy atom. The minimum atomic E-state index is 0.126. The molecule has 6 bridgehead atoms. The first-order valence-electron chi connectivity index (χ1n) is 25.7. The molecular weight excluding hydrogens is 843 g/mol. The quantitative estimate of drug-likeness (QED) is 0.135. The maximum Gasteiger partial charge on any atom is 0.204 e. The van der Waals surface area contributed by atoms with Gasteiger partial charge in [-0.3, -0.25) is 4.90 Å². The molecule has 10 nitrogen and oxygen atoms in total. The molecule has 1 aliphatic heterocycles. The second-order valence-corrected chi connectivity index (χ2v) is 22.0. The van der Waals surface area contributed by atoms with Crippen LogP contribution < -0.4 is 24.6 Å². The minimum Gasteiger partial charge on any atom is -0.487 e. The molecule has 0 spiro atoms. The first-order valence-corrected chi connectivity index (χ1v) is 25.7. The minimum absolute atomic E-state index is 0.126. The summed E-state index contributed by atoms with van der Waals surface area (Å²) in [6, 6.07) is 4.60. The molecule has 10 heteroatoms. The van der Waals surface area contributed by atoms with Gasteiger partial charge in [-0.1, -0.05) is 34.4 Å². The van der Waals surface area contributed by atoms with E-state index < -0.39 is 0 Å². The summed E-state index contributed by atoms with van der Waals surface area (Å²) in [7, 11) is 7.52. The van der Waals surface area contributed by atoms with Crippen LogP contribution in [0, 0.1) is 65.1 Å². The molecule has 67 heavy (non-hydrogen) atoms. The molecule has 14 aliphatic rings. The number of hydrogen-bond acceptors (Lipinski definition) is 10. The molecular formula is C57H61NO9. The summed E-state index contributed by atoms with van der Waals surface area (Å²) in [4.78, 5) is 2.74. The van der Waals surface area contributed by atoms with Gasteiger partial charge in [0, 0.05) is 63.2 Å². The van der Waals surface area contributed by atoms with Gasteiger partial charge in [0.05, 0.1) is 59.5 Å². The van der Waals surface area contributed by atoms with Crippen molar-refractivity contribution in [1.82, 2.24) is 4.90 Å². The molecule has 13 aliphatic carbocycles. The summed E-state index contributed by atoms with van der Waals surface area (Å²) in [6.45, 7) is 6.61. The number of fused-ring (bicyclic) bond motifs is 7. The molecule has 13 atom stereocenters. The Kier molecular flexibility index (Phi) is 8.50. The molecule has 2 aromatic rings. The zero-order valence-electron chi connectivity index (χ0n) is 39.3. The summed E-state index contributed by atoms with van der Waals surface area (Å²) in [5, 5.41) is 3.48. The van der Waals surface area contributed by atoms with Gasteiger partial charge in [0.15, 0.2) is 11.5 Å². The van der Waals surface area contributed by atoms with Crippen LogP contribution in [-0.4, -0.2) is 119 Å². The fraction of sp³-hybridized carbons (Fsp3) is 0.579. The van der Waals surface area contributed by atoms with E-state index in [4.69, 9.17) is 42.6 Å².